The number of hydrogen-bond donors (Lipinski definition) is 2. The van der Waals surface area contributed by atoms with E-state index in [4.69, 9.17) is 10.5 Å². The van der Waals surface area contributed by atoms with E-state index in [1.54, 1.807) is 0 Å². The van der Waals surface area contributed by atoms with Gasteiger partial charge in [-0.3, -0.25) is 4.79 Å². The van der Waals surface area contributed by atoms with Crippen molar-refractivity contribution in [3.8, 4) is 0 Å². The van der Waals surface area contributed by atoms with Gasteiger partial charge in [0.15, 0.2) is 0 Å². The topological polar surface area (TPSA) is 64.3 Å². The Morgan fingerprint density at radius 3 is 2.53 bits per heavy atom. The van der Waals surface area contributed by atoms with Crippen molar-refractivity contribution >= 4 is 5.91 Å². The number of carbonyl (C=O) groups is 1. The molecule has 86 valence electrons. The zero-order valence-electron chi connectivity index (χ0n) is 9.08. The molecule has 2 fully saturated rings. The lowest BCUT2D eigenvalue weighted by atomic mass is 9.91. The molecule has 2 rings (SSSR count). The third-order valence-electron chi connectivity index (χ3n) is 3.34. The maximum atomic E-state index is 11.7. The van der Waals surface area contributed by atoms with Crippen molar-refractivity contribution in [2.75, 3.05) is 6.61 Å². The smallest absolute Gasteiger partial charge is 0.249 e. The van der Waals surface area contributed by atoms with E-state index in [9.17, 15) is 4.79 Å². The molecule has 1 aliphatic carbocycles. The van der Waals surface area contributed by atoms with Gasteiger partial charge in [-0.05, 0) is 38.5 Å². The van der Waals surface area contributed by atoms with E-state index in [-0.39, 0.29) is 12.0 Å². The average molecular weight is 212 g/mol. The molecule has 1 aliphatic heterocycles. The Balaban J connectivity index is 1.74. The molecule has 4 nitrogen and oxygen atoms in total. The summed E-state index contributed by atoms with van der Waals surface area (Å²) in [4.78, 5) is 11.7. The van der Waals surface area contributed by atoms with Crippen LogP contribution in [0.5, 0.6) is 0 Å². The van der Waals surface area contributed by atoms with Gasteiger partial charge in [0.1, 0.15) is 6.10 Å². The molecular weight excluding hydrogens is 192 g/mol. The molecule has 1 amide bonds. The molecule has 0 spiro atoms. The fourth-order valence-corrected chi connectivity index (χ4v) is 2.34. The van der Waals surface area contributed by atoms with E-state index >= 15 is 0 Å². The van der Waals surface area contributed by atoms with Crippen LogP contribution < -0.4 is 11.1 Å². The Morgan fingerprint density at radius 1 is 1.20 bits per heavy atom. The molecule has 2 aliphatic rings. The maximum Gasteiger partial charge on any atom is 0.249 e. The summed E-state index contributed by atoms with van der Waals surface area (Å²) in [5, 5.41) is 3.06. The predicted molar refractivity (Wildman–Crippen MR) is 57.3 cm³/mol. The second-order valence-corrected chi connectivity index (χ2v) is 4.62. The molecule has 1 saturated heterocycles. The van der Waals surface area contributed by atoms with Crippen molar-refractivity contribution in [2.24, 2.45) is 5.73 Å². The van der Waals surface area contributed by atoms with Crippen molar-refractivity contribution in [2.45, 2.75) is 56.7 Å². The molecule has 0 aromatic heterocycles. The van der Waals surface area contributed by atoms with Crippen molar-refractivity contribution in [3.63, 3.8) is 0 Å². The minimum absolute atomic E-state index is 0.0768. The summed E-state index contributed by atoms with van der Waals surface area (Å²) in [6.45, 7) is 0.730. The van der Waals surface area contributed by atoms with Gasteiger partial charge in [-0.15, -0.1) is 0 Å². The molecular formula is C11H20N2O2. The van der Waals surface area contributed by atoms with Crippen LogP contribution in [0.25, 0.3) is 0 Å². The van der Waals surface area contributed by atoms with Crippen LogP contribution >= 0.6 is 0 Å². The Hall–Kier alpha value is -0.610. The summed E-state index contributed by atoms with van der Waals surface area (Å²) < 4.78 is 5.34. The number of carbonyl (C=O) groups excluding carboxylic acids is 1. The summed E-state index contributed by atoms with van der Waals surface area (Å²) in [5.41, 5.74) is 5.81. The van der Waals surface area contributed by atoms with Crippen LogP contribution in [0.4, 0.5) is 0 Å². The Morgan fingerprint density at radius 2 is 1.93 bits per heavy atom. The minimum atomic E-state index is -0.194. The highest BCUT2D eigenvalue weighted by atomic mass is 16.5. The normalized spacial score (nSPS) is 36.5. The van der Waals surface area contributed by atoms with Crippen LogP contribution in [0.3, 0.4) is 0 Å². The van der Waals surface area contributed by atoms with Crippen molar-refractivity contribution in [1.82, 2.24) is 5.32 Å². The zero-order valence-corrected chi connectivity index (χ0v) is 9.08. The number of ether oxygens (including phenoxy) is 1. The molecule has 0 radical (unpaired) electrons. The summed E-state index contributed by atoms with van der Waals surface area (Å²) >= 11 is 0. The van der Waals surface area contributed by atoms with Gasteiger partial charge in [0.2, 0.25) is 5.91 Å². The number of hydrogen-bond acceptors (Lipinski definition) is 3. The molecule has 3 N–H and O–H groups in total. The van der Waals surface area contributed by atoms with Gasteiger partial charge >= 0.3 is 0 Å². The fraction of sp³-hybridized carbons (Fsp3) is 0.909. The lowest BCUT2D eigenvalue weighted by Crippen LogP contribution is -2.44. The second-order valence-electron chi connectivity index (χ2n) is 4.62. The van der Waals surface area contributed by atoms with Gasteiger partial charge in [-0.25, -0.2) is 0 Å². The van der Waals surface area contributed by atoms with Gasteiger partial charge in [0, 0.05) is 18.7 Å². The molecule has 1 heterocycles. The monoisotopic (exact) mass is 212 g/mol. The summed E-state index contributed by atoms with van der Waals surface area (Å²) in [6.07, 6.45) is 5.76. The van der Waals surface area contributed by atoms with E-state index in [1.165, 1.54) is 0 Å². The number of nitrogens with one attached hydrogen (secondary N) is 1. The van der Waals surface area contributed by atoms with Crippen LogP contribution in [0, 0.1) is 0 Å². The third kappa shape index (κ3) is 2.92. The predicted octanol–water partition coefficient (Wildman–Crippen LogP) is 0.551. The van der Waals surface area contributed by atoms with Crippen molar-refractivity contribution in [1.29, 1.82) is 0 Å². The first-order valence-corrected chi connectivity index (χ1v) is 5.93. The highest BCUT2D eigenvalue weighted by molar-refractivity contribution is 5.81. The largest absolute Gasteiger partial charge is 0.368 e. The highest BCUT2D eigenvalue weighted by Crippen LogP contribution is 2.18. The van der Waals surface area contributed by atoms with E-state index < -0.39 is 0 Å². The minimum Gasteiger partial charge on any atom is -0.368 e. The number of nitrogens with two attached hydrogens (primary N) is 1. The lowest BCUT2D eigenvalue weighted by molar-refractivity contribution is -0.131. The molecule has 0 aromatic rings. The first-order chi connectivity index (χ1) is 7.25. The Labute approximate surface area is 90.5 Å². The van der Waals surface area contributed by atoms with Crippen LogP contribution in [-0.2, 0) is 9.53 Å². The maximum absolute atomic E-state index is 11.7. The number of rotatable bonds is 2. The summed E-state index contributed by atoms with van der Waals surface area (Å²) in [5.74, 6) is 0.0768. The van der Waals surface area contributed by atoms with E-state index in [2.05, 4.69) is 5.32 Å². The first-order valence-electron chi connectivity index (χ1n) is 5.93. The van der Waals surface area contributed by atoms with Crippen molar-refractivity contribution in [3.05, 3.63) is 0 Å². The van der Waals surface area contributed by atoms with E-state index in [1.807, 2.05) is 0 Å². The van der Waals surface area contributed by atoms with Gasteiger partial charge in [-0.1, -0.05) is 0 Å². The third-order valence-corrected chi connectivity index (χ3v) is 3.34. The Kier molecular flexibility index (Phi) is 3.59. The lowest BCUT2D eigenvalue weighted by Gasteiger charge is -2.27. The van der Waals surface area contributed by atoms with Gasteiger partial charge in [0.25, 0.3) is 0 Å². The van der Waals surface area contributed by atoms with Gasteiger partial charge in [0.05, 0.1) is 0 Å². The van der Waals surface area contributed by atoms with Crippen LogP contribution in [0.2, 0.25) is 0 Å². The van der Waals surface area contributed by atoms with E-state index in [0.29, 0.717) is 12.1 Å². The van der Waals surface area contributed by atoms with Gasteiger partial charge in [-0.2, -0.15) is 0 Å². The first kappa shape index (κ1) is 10.9. The SMILES string of the molecule is NC1CCC(NC(=O)C2CCCO2)CC1. The molecule has 4 heteroatoms. The fourth-order valence-electron chi connectivity index (χ4n) is 2.34. The standard InChI is InChI=1S/C11H20N2O2/c12-8-3-5-9(6-4-8)13-11(14)10-2-1-7-15-10/h8-10H,1-7,12H2,(H,13,14). The molecule has 1 saturated carbocycles. The highest BCUT2D eigenvalue weighted by Gasteiger charge is 2.27. The summed E-state index contributed by atoms with van der Waals surface area (Å²) in [6, 6.07) is 0.655. The molecule has 0 bridgehead atoms. The van der Waals surface area contributed by atoms with Crippen LogP contribution in [-0.4, -0.2) is 30.7 Å². The molecule has 1 atom stereocenters. The van der Waals surface area contributed by atoms with Gasteiger partial charge < -0.3 is 15.8 Å². The quantitative estimate of drug-likeness (QED) is 0.702. The Bertz CT molecular complexity index is 219. The average Bonchev–Trinajstić information content (AvgIpc) is 2.74. The van der Waals surface area contributed by atoms with Crippen LogP contribution in [0.1, 0.15) is 38.5 Å². The van der Waals surface area contributed by atoms with Crippen molar-refractivity contribution < 1.29 is 9.53 Å². The van der Waals surface area contributed by atoms with Crippen LogP contribution in [0.15, 0.2) is 0 Å². The summed E-state index contributed by atoms with van der Waals surface area (Å²) in [7, 11) is 0. The zero-order chi connectivity index (χ0) is 10.7. The molecule has 15 heavy (non-hydrogen) atoms. The molecule has 1 unspecified atom stereocenters. The second kappa shape index (κ2) is 4.94. The number of amides is 1. The van der Waals surface area contributed by atoms with E-state index in [0.717, 1.165) is 45.1 Å². The molecule has 0 aromatic carbocycles.